The molecule has 9 nitrogen and oxygen atoms in total. The maximum Gasteiger partial charge on any atom is 0.322 e. The van der Waals surface area contributed by atoms with Crippen LogP contribution in [0.15, 0.2) is 48.5 Å². The van der Waals surface area contributed by atoms with Gasteiger partial charge in [-0.25, -0.2) is 4.79 Å². The average Bonchev–Trinajstić information content (AvgIpc) is 3.02. The highest BCUT2D eigenvalue weighted by molar-refractivity contribution is 5.98. The van der Waals surface area contributed by atoms with Gasteiger partial charge in [-0.2, -0.15) is 0 Å². The molecule has 4 N–H and O–H groups in total. The molecular weight excluding hydrogens is 540 g/mol. The van der Waals surface area contributed by atoms with E-state index in [2.05, 4.69) is 64.2 Å². The number of nitrogens with one attached hydrogen (secondary N) is 1. The lowest BCUT2D eigenvalue weighted by Gasteiger charge is -2.59. The Labute approximate surface area is 255 Å². The van der Waals surface area contributed by atoms with Crippen LogP contribution in [-0.4, -0.2) is 79.4 Å². The van der Waals surface area contributed by atoms with Crippen molar-refractivity contribution in [2.45, 2.75) is 57.5 Å². The number of rotatable bonds is 6. The lowest BCUT2D eigenvalue weighted by molar-refractivity contribution is -0.145. The number of aliphatic hydroxyl groups is 1. The smallest absolute Gasteiger partial charge is 0.322 e. The second-order valence-electron chi connectivity index (χ2n) is 14.3. The predicted octanol–water partition coefficient (Wildman–Crippen LogP) is 3.93. The Bertz CT molecular complexity index is 1350. The fourth-order valence-corrected chi connectivity index (χ4v) is 9.14. The summed E-state index contributed by atoms with van der Waals surface area (Å²) in [5.74, 6) is 1.10. The molecule has 2 aromatic rings. The van der Waals surface area contributed by atoms with Crippen molar-refractivity contribution in [3.8, 4) is 0 Å². The Morgan fingerprint density at radius 1 is 0.884 bits per heavy atom. The minimum absolute atomic E-state index is 0.0310. The Hall–Kier alpha value is -3.30. The van der Waals surface area contributed by atoms with Crippen LogP contribution in [0.4, 0.5) is 27.5 Å². The first-order valence-corrected chi connectivity index (χ1v) is 16.1. The standard InChI is InChI=1S/C34H46N6O3/c1-33(2,22-41)38-13-11-37(12-14-38)26-7-9-27(10-8-26)39-15-16-40(29-6-4-3-5-28(29)39)32(43)36-30-24-17-23-18-25(30)21-34(19-23,20-24)31(35)42/h3-10,23-25,30,41H,11-22H2,1-2H3,(H2,35,42)(H,36,43)/t23?,24?,25?,30-,34+. The van der Waals surface area contributed by atoms with Gasteiger partial charge in [-0.15, -0.1) is 0 Å². The van der Waals surface area contributed by atoms with E-state index in [1.165, 1.54) is 5.69 Å². The van der Waals surface area contributed by atoms with Crippen molar-refractivity contribution in [3.63, 3.8) is 0 Å². The lowest BCUT2D eigenvalue weighted by atomic mass is 9.47. The fourth-order valence-electron chi connectivity index (χ4n) is 9.14. The first kappa shape index (κ1) is 28.5. The van der Waals surface area contributed by atoms with Gasteiger partial charge in [-0.05, 0) is 100 Å². The molecule has 2 heterocycles. The number of fused-ring (bicyclic) bond motifs is 1. The van der Waals surface area contributed by atoms with Crippen molar-refractivity contribution >= 4 is 34.7 Å². The molecule has 0 spiro atoms. The van der Waals surface area contributed by atoms with Crippen molar-refractivity contribution in [2.24, 2.45) is 28.9 Å². The number of carbonyl (C=O) groups excluding carboxylic acids is 2. The van der Waals surface area contributed by atoms with E-state index in [0.717, 1.165) is 75.3 Å². The van der Waals surface area contributed by atoms with Crippen molar-refractivity contribution in [1.29, 1.82) is 0 Å². The lowest BCUT2D eigenvalue weighted by Crippen LogP contribution is -2.63. The number of hydrogen-bond donors (Lipinski definition) is 3. The van der Waals surface area contributed by atoms with Gasteiger partial charge in [0.25, 0.3) is 0 Å². The van der Waals surface area contributed by atoms with Crippen LogP contribution < -0.4 is 25.8 Å². The zero-order chi connectivity index (χ0) is 29.9. The number of hydrogen-bond acceptors (Lipinski definition) is 6. The first-order chi connectivity index (χ1) is 20.7. The number of nitrogens with zero attached hydrogens (tertiary/aromatic N) is 4. The molecule has 6 aliphatic rings. The van der Waals surface area contributed by atoms with E-state index in [-0.39, 0.29) is 35.5 Å². The minimum atomic E-state index is -0.351. The second-order valence-corrected chi connectivity index (χ2v) is 14.3. The molecule has 5 fully saturated rings. The van der Waals surface area contributed by atoms with Crippen LogP contribution in [0.1, 0.15) is 46.0 Å². The third kappa shape index (κ3) is 4.94. The van der Waals surface area contributed by atoms with Crippen LogP contribution in [0.2, 0.25) is 0 Å². The van der Waals surface area contributed by atoms with Gasteiger partial charge in [0.1, 0.15) is 0 Å². The second kappa shape index (κ2) is 10.7. The van der Waals surface area contributed by atoms with Gasteiger partial charge in [0.15, 0.2) is 0 Å². The summed E-state index contributed by atoms with van der Waals surface area (Å²) < 4.78 is 0. The Morgan fingerprint density at radius 2 is 1.51 bits per heavy atom. The first-order valence-electron chi connectivity index (χ1n) is 16.1. The van der Waals surface area contributed by atoms with Crippen molar-refractivity contribution < 1.29 is 14.7 Å². The summed E-state index contributed by atoms with van der Waals surface area (Å²) in [6.07, 6.45) is 4.75. The number of para-hydroxylation sites is 2. The summed E-state index contributed by atoms with van der Waals surface area (Å²) in [5.41, 5.74) is 9.64. The molecule has 1 saturated heterocycles. The van der Waals surface area contributed by atoms with Gasteiger partial charge in [0, 0.05) is 67.6 Å². The number of primary amides is 1. The number of amides is 3. The van der Waals surface area contributed by atoms with E-state index in [9.17, 15) is 14.7 Å². The van der Waals surface area contributed by atoms with Crippen molar-refractivity contribution in [2.75, 3.05) is 60.6 Å². The van der Waals surface area contributed by atoms with Crippen LogP contribution in [0, 0.1) is 23.2 Å². The topological polar surface area (TPSA) is 105 Å². The summed E-state index contributed by atoms with van der Waals surface area (Å²) in [7, 11) is 0. The van der Waals surface area contributed by atoms with Crippen LogP contribution in [0.3, 0.4) is 0 Å². The minimum Gasteiger partial charge on any atom is -0.394 e. The van der Waals surface area contributed by atoms with Crippen LogP contribution in [0.5, 0.6) is 0 Å². The average molecular weight is 587 g/mol. The number of piperazine rings is 1. The normalized spacial score (nSPS) is 30.3. The van der Waals surface area contributed by atoms with Crippen molar-refractivity contribution in [3.05, 3.63) is 48.5 Å². The molecule has 230 valence electrons. The van der Waals surface area contributed by atoms with Crippen LogP contribution >= 0.6 is 0 Å². The Morgan fingerprint density at radius 3 is 2.14 bits per heavy atom. The zero-order valence-electron chi connectivity index (χ0n) is 25.5. The number of urea groups is 1. The molecule has 9 heteroatoms. The molecule has 2 aliphatic heterocycles. The van der Waals surface area contributed by atoms with E-state index in [1.807, 2.05) is 23.1 Å². The van der Waals surface area contributed by atoms with Crippen molar-refractivity contribution in [1.82, 2.24) is 10.2 Å². The monoisotopic (exact) mass is 586 g/mol. The SMILES string of the molecule is CC(C)(CO)N1CCN(c2ccc(N3CCN(C(=O)N[C@H]4C5CC6CC4C[C@@](C(N)=O)(C6)C5)c4ccccc43)cc2)CC1. The summed E-state index contributed by atoms with van der Waals surface area (Å²) in [5, 5.41) is 13.2. The summed E-state index contributed by atoms with van der Waals surface area (Å²) in [4.78, 5) is 35.2. The largest absolute Gasteiger partial charge is 0.394 e. The maximum atomic E-state index is 13.8. The molecule has 3 amide bonds. The Kier molecular flexibility index (Phi) is 7.08. The van der Waals surface area contributed by atoms with E-state index in [4.69, 9.17) is 5.73 Å². The molecule has 0 aromatic heterocycles. The van der Waals surface area contributed by atoms with Gasteiger partial charge < -0.3 is 26.0 Å². The summed E-state index contributed by atoms with van der Waals surface area (Å²) in [6, 6.07) is 17.1. The molecule has 2 atom stereocenters. The zero-order valence-corrected chi connectivity index (χ0v) is 25.5. The number of nitrogens with two attached hydrogens (primary N) is 1. The molecule has 8 rings (SSSR count). The Balaban J connectivity index is 1.03. The highest BCUT2D eigenvalue weighted by Crippen LogP contribution is 2.60. The molecule has 2 unspecified atom stereocenters. The van der Waals surface area contributed by atoms with Gasteiger partial charge in [-0.3, -0.25) is 14.6 Å². The number of carbonyl (C=O) groups is 2. The number of anilines is 4. The van der Waals surface area contributed by atoms with Gasteiger partial charge >= 0.3 is 6.03 Å². The fraction of sp³-hybridized carbons (Fsp3) is 0.588. The van der Waals surface area contributed by atoms with E-state index in [0.29, 0.717) is 30.8 Å². The number of benzene rings is 2. The van der Waals surface area contributed by atoms with Crippen LogP contribution in [-0.2, 0) is 4.79 Å². The molecule has 2 aromatic carbocycles. The van der Waals surface area contributed by atoms with Gasteiger partial charge in [0.2, 0.25) is 5.91 Å². The van der Waals surface area contributed by atoms with E-state index in [1.54, 1.807) is 0 Å². The maximum absolute atomic E-state index is 13.8. The molecular formula is C34H46N6O3. The third-order valence-electron chi connectivity index (χ3n) is 11.4. The molecule has 0 radical (unpaired) electrons. The quantitative estimate of drug-likeness (QED) is 0.474. The van der Waals surface area contributed by atoms with E-state index >= 15 is 0 Å². The third-order valence-corrected chi connectivity index (χ3v) is 11.4. The van der Waals surface area contributed by atoms with E-state index < -0.39 is 0 Å². The predicted molar refractivity (Wildman–Crippen MR) is 170 cm³/mol. The highest BCUT2D eigenvalue weighted by Gasteiger charge is 2.58. The number of aliphatic hydroxyl groups excluding tert-OH is 1. The summed E-state index contributed by atoms with van der Waals surface area (Å²) >= 11 is 0. The molecule has 4 saturated carbocycles. The molecule has 43 heavy (non-hydrogen) atoms. The van der Waals surface area contributed by atoms with Crippen LogP contribution in [0.25, 0.3) is 0 Å². The van der Waals surface area contributed by atoms with Gasteiger partial charge in [-0.1, -0.05) is 12.1 Å². The van der Waals surface area contributed by atoms with Gasteiger partial charge in [0.05, 0.1) is 18.0 Å². The molecule has 4 aliphatic carbocycles. The molecule has 4 bridgehead atoms. The highest BCUT2D eigenvalue weighted by atomic mass is 16.3. The summed E-state index contributed by atoms with van der Waals surface area (Å²) in [6.45, 7) is 9.41.